The van der Waals surface area contributed by atoms with E-state index in [-0.39, 0.29) is 23.6 Å². The average Bonchev–Trinajstić information content (AvgIpc) is 3.56. The van der Waals surface area contributed by atoms with Gasteiger partial charge in [-0.25, -0.2) is 4.79 Å². The highest BCUT2D eigenvalue weighted by molar-refractivity contribution is 6.30. The largest absolute Gasteiger partial charge is 0.431 e. The Labute approximate surface area is 205 Å². The lowest BCUT2D eigenvalue weighted by atomic mass is 10.0. The molecular formula is C25H23ClF3N3O3. The van der Waals surface area contributed by atoms with Gasteiger partial charge in [0, 0.05) is 17.6 Å². The van der Waals surface area contributed by atoms with Crippen LogP contribution in [0.25, 0.3) is 11.1 Å². The molecule has 1 fully saturated rings. The van der Waals surface area contributed by atoms with Gasteiger partial charge in [-0.1, -0.05) is 54.1 Å². The number of hydrogen-bond acceptors (Lipinski definition) is 3. The summed E-state index contributed by atoms with van der Waals surface area (Å²) in [5.41, 5.74) is 4.31. The van der Waals surface area contributed by atoms with Gasteiger partial charge in [-0.15, -0.1) is 0 Å². The van der Waals surface area contributed by atoms with Crippen LogP contribution in [0.3, 0.4) is 0 Å². The fourth-order valence-electron chi connectivity index (χ4n) is 4.25. The molecule has 0 aliphatic heterocycles. The van der Waals surface area contributed by atoms with Crippen molar-refractivity contribution in [2.75, 3.05) is 7.05 Å². The van der Waals surface area contributed by atoms with Crippen molar-refractivity contribution in [2.24, 2.45) is 5.73 Å². The maximum absolute atomic E-state index is 14.3. The van der Waals surface area contributed by atoms with E-state index in [1.807, 2.05) is 0 Å². The number of nitrogens with two attached hydrogens (primary N) is 1. The Hall–Kier alpha value is -3.46. The predicted molar refractivity (Wildman–Crippen MR) is 125 cm³/mol. The Bertz CT molecular complexity index is 1270. The number of amides is 2. The van der Waals surface area contributed by atoms with Gasteiger partial charge < -0.3 is 15.0 Å². The average molecular weight is 506 g/mol. The van der Waals surface area contributed by atoms with Crippen LogP contribution in [0.2, 0.25) is 5.02 Å². The van der Waals surface area contributed by atoms with E-state index < -0.39 is 29.4 Å². The normalized spacial score (nSPS) is 14.5. The number of likely N-dealkylation sites (N-methyl/N-ethyl adjacent to an activating group) is 1. The second-order valence-electron chi connectivity index (χ2n) is 8.55. The van der Waals surface area contributed by atoms with Crippen molar-refractivity contribution >= 4 is 23.6 Å². The molecule has 10 heteroatoms. The van der Waals surface area contributed by atoms with E-state index in [4.69, 9.17) is 22.1 Å². The summed E-state index contributed by atoms with van der Waals surface area (Å²) in [5.74, 6) is -0.972. The molecule has 6 nitrogen and oxygen atoms in total. The van der Waals surface area contributed by atoms with E-state index in [9.17, 15) is 22.8 Å². The maximum atomic E-state index is 14.3. The van der Waals surface area contributed by atoms with Gasteiger partial charge >= 0.3 is 12.3 Å². The summed E-state index contributed by atoms with van der Waals surface area (Å²) in [6.07, 6.45) is -5.00. The van der Waals surface area contributed by atoms with Gasteiger partial charge in [-0.2, -0.15) is 13.2 Å². The Morgan fingerprint density at radius 1 is 1.11 bits per heavy atom. The zero-order valence-corrected chi connectivity index (χ0v) is 19.8. The molecule has 1 saturated carbocycles. The quantitative estimate of drug-likeness (QED) is 0.471. The fourth-order valence-corrected chi connectivity index (χ4v) is 4.38. The topological polar surface area (TPSA) is 77.6 Å². The molecule has 1 aliphatic carbocycles. The number of ether oxygens (including phenoxy) is 1. The third kappa shape index (κ3) is 4.60. The van der Waals surface area contributed by atoms with Crippen molar-refractivity contribution in [3.8, 4) is 17.0 Å². The van der Waals surface area contributed by atoms with E-state index in [2.05, 4.69) is 0 Å². The lowest BCUT2D eigenvalue weighted by molar-refractivity contribution is -0.144. The highest BCUT2D eigenvalue weighted by Crippen LogP contribution is 2.46. The van der Waals surface area contributed by atoms with Crippen molar-refractivity contribution in [1.29, 1.82) is 0 Å². The summed E-state index contributed by atoms with van der Waals surface area (Å²) in [6, 6.07) is 14.7. The lowest BCUT2D eigenvalue weighted by Gasteiger charge is -2.25. The van der Waals surface area contributed by atoms with Crippen LogP contribution in [-0.2, 0) is 17.5 Å². The Morgan fingerprint density at radius 3 is 2.23 bits per heavy atom. The van der Waals surface area contributed by atoms with Gasteiger partial charge in [0.2, 0.25) is 11.8 Å². The first-order chi connectivity index (χ1) is 16.5. The molecule has 1 aromatic heterocycles. The third-order valence-electron chi connectivity index (χ3n) is 6.33. The molecule has 0 radical (unpaired) electrons. The van der Waals surface area contributed by atoms with Crippen molar-refractivity contribution in [2.45, 2.75) is 38.0 Å². The maximum Gasteiger partial charge on any atom is 0.431 e. The zero-order chi connectivity index (χ0) is 25.5. The van der Waals surface area contributed by atoms with Gasteiger partial charge in [-0.3, -0.25) is 9.69 Å². The van der Waals surface area contributed by atoms with Gasteiger partial charge in [0.1, 0.15) is 11.2 Å². The standard InChI is InChI=1S/C25H23ClF3N3O3/c1-15-19(17-8-10-18(26)11-9-17)21(35-23(34)31(2)24(12-13-24)22(30)33)32(20(15)25(27,28)29)14-16-6-4-3-5-7-16/h3-11H,12-14H2,1-2H3,(H2,30,33). The van der Waals surface area contributed by atoms with Crippen LogP contribution in [0, 0.1) is 6.92 Å². The molecular weight excluding hydrogens is 483 g/mol. The third-order valence-corrected chi connectivity index (χ3v) is 6.58. The van der Waals surface area contributed by atoms with Crippen LogP contribution in [-0.4, -0.2) is 34.1 Å². The van der Waals surface area contributed by atoms with E-state index in [1.165, 1.54) is 14.0 Å². The Kier molecular flexibility index (Phi) is 6.31. The number of benzene rings is 2. The molecule has 2 aromatic carbocycles. The van der Waals surface area contributed by atoms with Crippen LogP contribution in [0.5, 0.6) is 5.88 Å². The van der Waals surface area contributed by atoms with Crippen LogP contribution < -0.4 is 10.5 Å². The second kappa shape index (κ2) is 8.96. The summed E-state index contributed by atoms with van der Waals surface area (Å²) in [4.78, 5) is 26.1. The van der Waals surface area contributed by atoms with E-state index in [0.717, 1.165) is 9.47 Å². The number of nitrogens with zero attached hydrogens (tertiary/aromatic N) is 2. The Morgan fingerprint density at radius 2 is 1.71 bits per heavy atom. The molecule has 2 amide bonds. The number of alkyl halides is 3. The lowest BCUT2D eigenvalue weighted by Crippen LogP contribution is -2.49. The summed E-state index contributed by atoms with van der Waals surface area (Å²) in [7, 11) is 1.35. The molecule has 1 aliphatic rings. The molecule has 184 valence electrons. The highest BCUT2D eigenvalue weighted by atomic mass is 35.5. The fraction of sp³-hybridized carbons (Fsp3) is 0.280. The molecule has 4 rings (SSSR count). The molecule has 3 aromatic rings. The predicted octanol–water partition coefficient (Wildman–Crippen LogP) is 5.63. The number of carbonyl (C=O) groups is 2. The molecule has 0 saturated heterocycles. The molecule has 1 heterocycles. The minimum Gasteiger partial charge on any atom is -0.392 e. The van der Waals surface area contributed by atoms with Crippen molar-refractivity contribution < 1.29 is 27.5 Å². The van der Waals surface area contributed by atoms with Crippen LogP contribution in [0.4, 0.5) is 18.0 Å². The molecule has 0 bridgehead atoms. The van der Waals surface area contributed by atoms with E-state index in [0.29, 0.717) is 29.0 Å². The summed E-state index contributed by atoms with van der Waals surface area (Å²) in [6.45, 7) is 1.14. The Balaban J connectivity index is 1.89. The van der Waals surface area contributed by atoms with Crippen LogP contribution in [0.15, 0.2) is 54.6 Å². The first-order valence-electron chi connectivity index (χ1n) is 10.8. The molecule has 35 heavy (non-hydrogen) atoms. The van der Waals surface area contributed by atoms with Crippen LogP contribution in [0.1, 0.15) is 29.7 Å². The van der Waals surface area contributed by atoms with Gasteiger partial charge in [0.15, 0.2) is 0 Å². The van der Waals surface area contributed by atoms with Gasteiger partial charge in [-0.05, 0) is 48.6 Å². The molecule has 0 atom stereocenters. The van der Waals surface area contributed by atoms with E-state index >= 15 is 0 Å². The first-order valence-corrected chi connectivity index (χ1v) is 11.2. The number of halogens is 4. The number of rotatable bonds is 6. The number of carbonyl (C=O) groups excluding carboxylic acids is 2. The van der Waals surface area contributed by atoms with Gasteiger partial charge in [0.05, 0.1) is 6.54 Å². The summed E-state index contributed by atoms with van der Waals surface area (Å²) in [5, 5.41) is 0.404. The van der Waals surface area contributed by atoms with E-state index in [1.54, 1.807) is 54.6 Å². The van der Waals surface area contributed by atoms with Gasteiger partial charge in [0.25, 0.3) is 0 Å². The SMILES string of the molecule is Cc1c(-c2ccc(Cl)cc2)c(OC(=O)N(C)C2(C(N)=O)CC2)n(Cc2ccccc2)c1C(F)(F)F. The summed E-state index contributed by atoms with van der Waals surface area (Å²) >= 11 is 5.99. The molecule has 0 unspecified atom stereocenters. The smallest absolute Gasteiger partial charge is 0.392 e. The van der Waals surface area contributed by atoms with Crippen molar-refractivity contribution in [1.82, 2.24) is 9.47 Å². The molecule has 2 N–H and O–H groups in total. The number of primary amides is 1. The van der Waals surface area contributed by atoms with Crippen LogP contribution >= 0.6 is 11.6 Å². The van der Waals surface area contributed by atoms with Crippen molar-refractivity contribution in [3.63, 3.8) is 0 Å². The number of aromatic nitrogens is 1. The molecule has 0 spiro atoms. The highest BCUT2D eigenvalue weighted by Gasteiger charge is 2.55. The zero-order valence-electron chi connectivity index (χ0n) is 19.0. The minimum atomic E-state index is -4.73. The first kappa shape index (κ1) is 24.7. The van der Waals surface area contributed by atoms with Crippen molar-refractivity contribution in [3.05, 3.63) is 76.4 Å². The summed E-state index contributed by atoms with van der Waals surface area (Å²) < 4.78 is 49.6. The second-order valence-corrected chi connectivity index (χ2v) is 8.99. The minimum absolute atomic E-state index is 0.0998. The number of hydrogen-bond donors (Lipinski definition) is 1. The monoisotopic (exact) mass is 505 g/mol.